The number of hydrogen-bond donors (Lipinski definition) is 0. The maximum absolute atomic E-state index is 13.5. The van der Waals surface area contributed by atoms with Crippen LogP contribution in [0.15, 0.2) is 62.9 Å². The topological polar surface area (TPSA) is 63.4 Å². The van der Waals surface area contributed by atoms with Crippen molar-refractivity contribution in [3.63, 3.8) is 0 Å². The van der Waals surface area contributed by atoms with E-state index in [2.05, 4.69) is 18.8 Å². The summed E-state index contributed by atoms with van der Waals surface area (Å²) in [5.74, 6) is 1.47. The first kappa shape index (κ1) is 20.9. The minimum absolute atomic E-state index is 0.0300. The van der Waals surface area contributed by atoms with Gasteiger partial charge < -0.3 is 9.32 Å². The highest BCUT2D eigenvalue weighted by Crippen LogP contribution is 2.37. The van der Waals surface area contributed by atoms with E-state index in [0.29, 0.717) is 28.3 Å². The number of nitrogens with zero attached hydrogens (tertiary/aromatic N) is 2. The fourth-order valence-corrected chi connectivity index (χ4v) is 5.49. The van der Waals surface area contributed by atoms with E-state index in [1.807, 2.05) is 11.8 Å². The molecular weight excluding hydrogens is 420 g/mol. The normalized spacial score (nSPS) is 19.8. The number of halogens is 1. The molecule has 0 spiro atoms. The van der Waals surface area contributed by atoms with Gasteiger partial charge in [-0.25, -0.2) is 8.42 Å². The third-order valence-electron chi connectivity index (χ3n) is 5.41. The third kappa shape index (κ3) is 4.12. The number of benzene rings is 2. The molecule has 1 aliphatic heterocycles. The summed E-state index contributed by atoms with van der Waals surface area (Å²) in [6.07, 6.45) is 1.11. The predicted molar refractivity (Wildman–Crippen MR) is 119 cm³/mol. The van der Waals surface area contributed by atoms with Crippen LogP contribution in [-0.4, -0.2) is 26.5 Å². The second kappa shape index (κ2) is 8.08. The second-order valence-electron chi connectivity index (χ2n) is 8.30. The summed E-state index contributed by atoms with van der Waals surface area (Å²) in [5.41, 5.74) is 1.68. The Labute approximate surface area is 182 Å². The van der Waals surface area contributed by atoms with Gasteiger partial charge >= 0.3 is 0 Å². The number of sulfone groups is 1. The Morgan fingerprint density at radius 3 is 2.20 bits per heavy atom. The Kier molecular flexibility index (Phi) is 5.64. The van der Waals surface area contributed by atoms with E-state index >= 15 is 0 Å². The standard InChI is InChI=1S/C23H25ClN2O3S/c1-15-4-10-20(11-5-15)30(27,28)22-23(26-13-16(2)12-17(3)14-26)29-21(25-22)18-6-8-19(24)9-7-18/h4-11,16-17H,12-14H2,1-3H3. The van der Waals surface area contributed by atoms with Crippen molar-refractivity contribution >= 4 is 27.3 Å². The van der Waals surface area contributed by atoms with Gasteiger partial charge in [0.05, 0.1) is 4.90 Å². The maximum Gasteiger partial charge on any atom is 0.236 e. The molecule has 0 bridgehead atoms. The molecule has 1 aliphatic rings. The average Bonchev–Trinajstić information content (AvgIpc) is 3.14. The number of oxazole rings is 1. The summed E-state index contributed by atoms with van der Waals surface area (Å²) < 4.78 is 33.1. The highest BCUT2D eigenvalue weighted by molar-refractivity contribution is 7.91. The molecule has 1 fully saturated rings. The lowest BCUT2D eigenvalue weighted by Gasteiger charge is -2.34. The van der Waals surface area contributed by atoms with E-state index in [1.165, 1.54) is 0 Å². The van der Waals surface area contributed by atoms with Gasteiger partial charge in [-0.1, -0.05) is 43.1 Å². The zero-order valence-corrected chi connectivity index (χ0v) is 18.9. The predicted octanol–water partition coefficient (Wildman–Crippen LogP) is 5.62. The van der Waals surface area contributed by atoms with Gasteiger partial charge in [0.25, 0.3) is 0 Å². The van der Waals surface area contributed by atoms with Gasteiger partial charge in [-0.2, -0.15) is 4.98 Å². The Balaban J connectivity index is 1.85. The lowest BCUT2D eigenvalue weighted by atomic mass is 9.92. The SMILES string of the molecule is Cc1ccc(S(=O)(=O)c2nc(-c3ccc(Cl)cc3)oc2N2CC(C)CC(C)C2)cc1. The zero-order valence-electron chi connectivity index (χ0n) is 17.3. The van der Waals surface area contributed by atoms with Crippen molar-refractivity contribution in [3.8, 4) is 11.5 Å². The average molecular weight is 445 g/mol. The number of piperidine rings is 1. The number of hydrogen-bond acceptors (Lipinski definition) is 5. The minimum Gasteiger partial charge on any atom is -0.419 e. The highest BCUT2D eigenvalue weighted by Gasteiger charge is 2.34. The molecule has 7 heteroatoms. The Morgan fingerprint density at radius 1 is 1.00 bits per heavy atom. The van der Waals surface area contributed by atoms with E-state index in [1.54, 1.807) is 48.5 Å². The molecule has 1 aromatic heterocycles. The summed E-state index contributed by atoms with van der Waals surface area (Å²) in [6.45, 7) is 7.74. The highest BCUT2D eigenvalue weighted by atomic mass is 35.5. The van der Waals surface area contributed by atoms with Crippen LogP contribution in [-0.2, 0) is 9.84 Å². The van der Waals surface area contributed by atoms with Crippen LogP contribution < -0.4 is 4.90 Å². The Bertz CT molecular complexity index is 1130. The first-order valence-corrected chi connectivity index (χ1v) is 11.9. The van der Waals surface area contributed by atoms with Crippen LogP contribution in [0.2, 0.25) is 5.02 Å². The molecule has 1 saturated heterocycles. The van der Waals surface area contributed by atoms with Crippen LogP contribution >= 0.6 is 11.6 Å². The van der Waals surface area contributed by atoms with Crippen molar-refractivity contribution in [1.82, 2.24) is 4.98 Å². The fraction of sp³-hybridized carbons (Fsp3) is 0.348. The number of rotatable bonds is 4. The molecule has 0 saturated carbocycles. The van der Waals surface area contributed by atoms with Gasteiger partial charge in [0.2, 0.25) is 26.6 Å². The molecule has 158 valence electrons. The summed E-state index contributed by atoms with van der Waals surface area (Å²) in [7, 11) is -3.84. The van der Waals surface area contributed by atoms with E-state index in [9.17, 15) is 8.42 Å². The van der Waals surface area contributed by atoms with E-state index in [0.717, 1.165) is 25.1 Å². The molecule has 4 rings (SSSR count). The van der Waals surface area contributed by atoms with Gasteiger partial charge in [-0.05, 0) is 61.6 Å². The van der Waals surface area contributed by atoms with Crippen molar-refractivity contribution in [1.29, 1.82) is 0 Å². The van der Waals surface area contributed by atoms with E-state index in [-0.39, 0.29) is 15.8 Å². The summed E-state index contributed by atoms with van der Waals surface area (Å²) in [5, 5.41) is 0.564. The molecule has 2 unspecified atom stereocenters. The number of aryl methyl sites for hydroxylation is 1. The van der Waals surface area contributed by atoms with Gasteiger partial charge in [-0.15, -0.1) is 0 Å². The van der Waals surface area contributed by atoms with Crippen LogP contribution in [0.1, 0.15) is 25.8 Å². The maximum atomic E-state index is 13.5. The van der Waals surface area contributed by atoms with Crippen molar-refractivity contribution in [2.75, 3.05) is 18.0 Å². The molecular formula is C23H25ClN2O3S. The molecule has 3 aromatic rings. The van der Waals surface area contributed by atoms with Crippen LogP contribution in [0.3, 0.4) is 0 Å². The minimum atomic E-state index is -3.84. The van der Waals surface area contributed by atoms with E-state index in [4.69, 9.17) is 16.0 Å². The molecule has 2 heterocycles. The van der Waals surface area contributed by atoms with Gasteiger partial charge in [0.1, 0.15) is 0 Å². The second-order valence-corrected chi connectivity index (χ2v) is 10.6. The monoisotopic (exact) mass is 444 g/mol. The Hall–Kier alpha value is -2.31. The Morgan fingerprint density at radius 2 is 1.60 bits per heavy atom. The molecule has 0 N–H and O–H groups in total. The summed E-state index contributed by atoms with van der Waals surface area (Å²) in [6, 6.07) is 13.8. The zero-order chi connectivity index (χ0) is 21.5. The first-order chi connectivity index (χ1) is 14.2. The van der Waals surface area contributed by atoms with Crippen molar-refractivity contribution < 1.29 is 12.8 Å². The van der Waals surface area contributed by atoms with Crippen molar-refractivity contribution in [3.05, 3.63) is 59.1 Å². The van der Waals surface area contributed by atoms with Crippen molar-refractivity contribution in [2.24, 2.45) is 11.8 Å². The van der Waals surface area contributed by atoms with Crippen LogP contribution in [0.25, 0.3) is 11.5 Å². The molecule has 0 radical (unpaired) electrons. The van der Waals surface area contributed by atoms with Crippen LogP contribution in [0.5, 0.6) is 0 Å². The molecule has 0 amide bonds. The van der Waals surface area contributed by atoms with Gasteiger partial charge in [0, 0.05) is 23.7 Å². The van der Waals surface area contributed by atoms with E-state index < -0.39 is 9.84 Å². The largest absolute Gasteiger partial charge is 0.419 e. The first-order valence-electron chi connectivity index (χ1n) is 10.1. The number of anilines is 1. The van der Waals surface area contributed by atoms with Gasteiger partial charge in [-0.3, -0.25) is 0 Å². The van der Waals surface area contributed by atoms with Crippen molar-refractivity contribution in [2.45, 2.75) is 37.1 Å². The molecule has 2 aromatic carbocycles. The lowest BCUT2D eigenvalue weighted by molar-refractivity contribution is 0.342. The molecule has 2 atom stereocenters. The van der Waals surface area contributed by atoms with Crippen LogP contribution in [0, 0.1) is 18.8 Å². The quantitative estimate of drug-likeness (QED) is 0.522. The molecule has 30 heavy (non-hydrogen) atoms. The van der Waals surface area contributed by atoms with Gasteiger partial charge in [0.15, 0.2) is 0 Å². The smallest absolute Gasteiger partial charge is 0.236 e. The molecule has 5 nitrogen and oxygen atoms in total. The fourth-order valence-electron chi connectivity index (χ4n) is 4.05. The lowest BCUT2D eigenvalue weighted by Crippen LogP contribution is -2.39. The number of aromatic nitrogens is 1. The third-order valence-corrected chi connectivity index (χ3v) is 7.33. The van der Waals surface area contributed by atoms with Crippen LogP contribution in [0.4, 0.5) is 5.88 Å². The summed E-state index contributed by atoms with van der Waals surface area (Å²) >= 11 is 6.00. The summed E-state index contributed by atoms with van der Waals surface area (Å²) in [4.78, 5) is 6.70. The molecule has 0 aliphatic carbocycles.